The number of cyclic esters (lactones) is 1. The van der Waals surface area contributed by atoms with Crippen LogP contribution in [-0.2, 0) is 9.53 Å². The van der Waals surface area contributed by atoms with Crippen LogP contribution in [0.4, 0.5) is 0 Å². The third kappa shape index (κ3) is 1.42. The molecule has 0 saturated heterocycles. The lowest BCUT2D eigenvalue weighted by Gasteiger charge is -1.94. The molecule has 70 valence electrons. The van der Waals surface area contributed by atoms with Gasteiger partial charge in [0, 0.05) is 11.6 Å². The molecule has 0 radical (unpaired) electrons. The monoisotopic (exact) mass is 208 g/mol. The van der Waals surface area contributed by atoms with E-state index in [1.807, 2.05) is 0 Å². The fraction of sp³-hybridized carbons (Fsp3) is 0. The SMILES string of the molecule is O=C(Cl)C=C1OC(=O)c2ccccc21. The highest BCUT2D eigenvalue weighted by Crippen LogP contribution is 2.29. The highest BCUT2D eigenvalue weighted by atomic mass is 35.5. The molecule has 2 rings (SSSR count). The number of fused-ring (bicyclic) bond motifs is 1. The average Bonchev–Trinajstić information content (AvgIpc) is 2.44. The Morgan fingerprint density at radius 2 is 1.93 bits per heavy atom. The third-order valence-electron chi connectivity index (χ3n) is 1.86. The normalized spacial score (nSPS) is 16.6. The van der Waals surface area contributed by atoms with Crippen molar-refractivity contribution in [1.29, 1.82) is 0 Å². The van der Waals surface area contributed by atoms with E-state index in [9.17, 15) is 9.59 Å². The molecular weight excluding hydrogens is 204 g/mol. The predicted octanol–water partition coefficient (Wildman–Crippen LogP) is 1.96. The maximum absolute atomic E-state index is 11.2. The zero-order chi connectivity index (χ0) is 10.1. The number of hydrogen-bond acceptors (Lipinski definition) is 3. The van der Waals surface area contributed by atoms with Gasteiger partial charge in [0.25, 0.3) is 0 Å². The van der Waals surface area contributed by atoms with Crippen LogP contribution in [0.2, 0.25) is 0 Å². The summed E-state index contributed by atoms with van der Waals surface area (Å²) in [5.41, 5.74) is 1.06. The summed E-state index contributed by atoms with van der Waals surface area (Å²) >= 11 is 5.17. The van der Waals surface area contributed by atoms with Crippen molar-refractivity contribution in [2.75, 3.05) is 0 Å². The molecule has 4 heteroatoms. The first-order chi connectivity index (χ1) is 6.68. The molecular formula is C10H5ClO3. The number of halogens is 1. The Hall–Kier alpha value is -1.61. The van der Waals surface area contributed by atoms with Gasteiger partial charge in [-0.25, -0.2) is 4.79 Å². The van der Waals surface area contributed by atoms with Crippen molar-refractivity contribution in [3.05, 3.63) is 41.5 Å². The van der Waals surface area contributed by atoms with Gasteiger partial charge in [-0.2, -0.15) is 0 Å². The van der Waals surface area contributed by atoms with E-state index in [4.69, 9.17) is 16.3 Å². The topological polar surface area (TPSA) is 43.4 Å². The summed E-state index contributed by atoms with van der Waals surface area (Å²) in [6.45, 7) is 0. The summed E-state index contributed by atoms with van der Waals surface area (Å²) in [6.07, 6.45) is 1.09. The van der Waals surface area contributed by atoms with Gasteiger partial charge in [0.1, 0.15) is 5.76 Å². The first kappa shape index (κ1) is 8.97. The van der Waals surface area contributed by atoms with E-state index < -0.39 is 11.2 Å². The first-order valence-corrected chi connectivity index (χ1v) is 4.29. The number of benzene rings is 1. The molecule has 0 unspecified atom stereocenters. The van der Waals surface area contributed by atoms with E-state index in [1.165, 1.54) is 0 Å². The number of esters is 1. The molecule has 14 heavy (non-hydrogen) atoms. The minimum atomic E-state index is -0.662. The molecule has 3 nitrogen and oxygen atoms in total. The molecule has 0 saturated carbocycles. The maximum atomic E-state index is 11.2. The van der Waals surface area contributed by atoms with Crippen molar-refractivity contribution in [3.8, 4) is 0 Å². The average molecular weight is 209 g/mol. The van der Waals surface area contributed by atoms with Crippen molar-refractivity contribution in [1.82, 2.24) is 0 Å². The second-order valence-corrected chi connectivity index (χ2v) is 3.12. The summed E-state index contributed by atoms with van der Waals surface area (Å²) in [6, 6.07) is 6.82. The second-order valence-electron chi connectivity index (χ2n) is 2.75. The number of hydrogen-bond donors (Lipinski definition) is 0. The predicted molar refractivity (Wildman–Crippen MR) is 50.7 cm³/mol. The van der Waals surface area contributed by atoms with Crippen LogP contribution in [0.3, 0.4) is 0 Å². The van der Waals surface area contributed by atoms with Crippen molar-refractivity contribution in [2.45, 2.75) is 0 Å². The fourth-order valence-electron chi connectivity index (χ4n) is 1.30. The van der Waals surface area contributed by atoms with Crippen LogP contribution in [0.1, 0.15) is 15.9 Å². The Bertz CT molecular complexity index is 448. The summed E-state index contributed by atoms with van der Waals surface area (Å²) < 4.78 is 4.86. The van der Waals surface area contributed by atoms with E-state index in [0.29, 0.717) is 11.1 Å². The van der Waals surface area contributed by atoms with Gasteiger partial charge >= 0.3 is 5.97 Å². The summed E-state index contributed by atoms with van der Waals surface area (Å²) in [5.74, 6) is -0.240. The van der Waals surface area contributed by atoms with Crippen molar-refractivity contribution >= 4 is 28.6 Å². The number of carbonyl (C=O) groups excluding carboxylic acids is 2. The standard InChI is InChI=1S/C10H5ClO3/c11-9(12)5-8-6-3-1-2-4-7(6)10(13)14-8/h1-5H. The zero-order valence-electron chi connectivity index (χ0n) is 6.99. The van der Waals surface area contributed by atoms with Crippen LogP contribution < -0.4 is 0 Å². The lowest BCUT2D eigenvalue weighted by atomic mass is 10.1. The van der Waals surface area contributed by atoms with Crippen LogP contribution in [0.25, 0.3) is 5.76 Å². The summed E-state index contributed by atoms with van der Waals surface area (Å²) in [4.78, 5) is 21.9. The third-order valence-corrected chi connectivity index (χ3v) is 1.97. The van der Waals surface area contributed by atoms with Gasteiger partial charge in [-0.3, -0.25) is 4.79 Å². The molecule has 0 aliphatic carbocycles. The Morgan fingerprint density at radius 1 is 1.29 bits per heavy atom. The zero-order valence-corrected chi connectivity index (χ0v) is 7.75. The van der Waals surface area contributed by atoms with Crippen LogP contribution in [-0.4, -0.2) is 11.2 Å². The fourth-order valence-corrected chi connectivity index (χ4v) is 1.40. The van der Waals surface area contributed by atoms with E-state index in [2.05, 4.69) is 0 Å². The summed E-state index contributed by atoms with van der Waals surface area (Å²) in [7, 11) is 0. The lowest BCUT2D eigenvalue weighted by Crippen LogP contribution is -1.92. The molecule has 1 aromatic rings. The Labute approximate surface area is 84.9 Å². The van der Waals surface area contributed by atoms with Crippen molar-refractivity contribution in [3.63, 3.8) is 0 Å². The molecule has 0 fully saturated rings. The quantitative estimate of drug-likeness (QED) is 0.403. The Morgan fingerprint density at radius 3 is 2.57 bits per heavy atom. The van der Waals surface area contributed by atoms with Gasteiger partial charge in [0.2, 0.25) is 5.24 Å². The molecule has 0 spiro atoms. The largest absolute Gasteiger partial charge is 0.422 e. The van der Waals surface area contributed by atoms with Gasteiger partial charge in [-0.1, -0.05) is 18.2 Å². The van der Waals surface area contributed by atoms with Gasteiger partial charge in [-0.15, -0.1) is 0 Å². The van der Waals surface area contributed by atoms with Gasteiger partial charge in [-0.05, 0) is 17.7 Å². The van der Waals surface area contributed by atoms with Crippen LogP contribution >= 0.6 is 11.6 Å². The Kier molecular flexibility index (Phi) is 2.09. The van der Waals surface area contributed by atoms with E-state index in [1.54, 1.807) is 24.3 Å². The van der Waals surface area contributed by atoms with E-state index >= 15 is 0 Å². The molecule has 0 N–H and O–H groups in total. The number of ether oxygens (including phenoxy) is 1. The highest BCUT2D eigenvalue weighted by Gasteiger charge is 2.25. The number of rotatable bonds is 1. The molecule has 0 amide bonds. The minimum absolute atomic E-state index is 0.214. The molecule has 1 aromatic carbocycles. The smallest absolute Gasteiger partial charge is 0.344 e. The second kappa shape index (κ2) is 3.27. The van der Waals surface area contributed by atoms with Crippen LogP contribution in [0.5, 0.6) is 0 Å². The molecule has 0 atom stereocenters. The molecule has 1 aliphatic heterocycles. The van der Waals surface area contributed by atoms with Gasteiger partial charge < -0.3 is 4.74 Å². The van der Waals surface area contributed by atoms with E-state index in [-0.39, 0.29) is 5.76 Å². The first-order valence-electron chi connectivity index (χ1n) is 3.91. The highest BCUT2D eigenvalue weighted by molar-refractivity contribution is 6.67. The number of carbonyl (C=O) groups is 2. The van der Waals surface area contributed by atoms with Gasteiger partial charge in [0.15, 0.2) is 0 Å². The maximum Gasteiger partial charge on any atom is 0.344 e. The van der Waals surface area contributed by atoms with Crippen LogP contribution in [0.15, 0.2) is 30.3 Å². The molecule has 1 aliphatic rings. The number of allylic oxidation sites excluding steroid dienone is 1. The minimum Gasteiger partial charge on any atom is -0.422 e. The molecule has 0 aromatic heterocycles. The molecule has 1 heterocycles. The summed E-state index contributed by atoms with van der Waals surface area (Å²) in [5, 5.41) is -0.662. The lowest BCUT2D eigenvalue weighted by molar-refractivity contribution is -0.107. The van der Waals surface area contributed by atoms with Gasteiger partial charge in [0.05, 0.1) is 5.56 Å². The molecule has 0 bridgehead atoms. The Balaban J connectivity index is 2.54. The van der Waals surface area contributed by atoms with Crippen molar-refractivity contribution in [2.24, 2.45) is 0 Å². The van der Waals surface area contributed by atoms with E-state index in [0.717, 1.165) is 6.08 Å². The van der Waals surface area contributed by atoms with Crippen molar-refractivity contribution < 1.29 is 14.3 Å². The van der Waals surface area contributed by atoms with Crippen LogP contribution in [0, 0.1) is 0 Å².